The number of fused-ring (bicyclic) bond motifs is 6. The number of benzene rings is 1. The summed E-state index contributed by atoms with van der Waals surface area (Å²) in [5.41, 5.74) is 5.29. The molecule has 3 saturated carbocycles. The number of hydrogen-bond donors (Lipinski definition) is 5. The number of aryl methyl sites for hydroxylation is 1. The Hall–Kier alpha value is -3.12. The SMILES string of the molecule is CNCC[C@]1(C)C(=O)CC[C@@]2(C)[C@H]3[C@H](O)[C@@H](Cn4cc(Cc5cc(C)cc(C6(O)CCOCC6)c5)c5[nH]ccc54)C4=C([C@H](C)C[C@@H](O)[C@H]5OC5(C)C)C(=O)C[C@]4(C)[C@@]3(C)CC[C@H]21. The summed E-state index contributed by atoms with van der Waals surface area (Å²) in [5, 5.41) is 40.0. The van der Waals surface area contributed by atoms with E-state index in [0.717, 1.165) is 76.7 Å². The molecule has 10 heteroatoms. The zero-order valence-electron chi connectivity index (χ0n) is 38.8. The molecule has 4 aliphatic carbocycles. The van der Waals surface area contributed by atoms with Crippen molar-refractivity contribution in [2.45, 2.75) is 156 Å². The topological polar surface area (TPSA) is 149 Å². The molecule has 11 atom stereocenters. The van der Waals surface area contributed by atoms with Gasteiger partial charge in [-0.05, 0) is 129 Å². The first kappa shape index (κ1) is 44.1. The maximum Gasteiger partial charge on any atom is 0.160 e. The number of aromatic nitrogens is 2. The molecule has 2 aliphatic heterocycles. The van der Waals surface area contributed by atoms with Crippen LogP contribution in [0.1, 0.15) is 129 Å². The molecule has 10 nitrogen and oxygen atoms in total. The van der Waals surface area contributed by atoms with E-state index < -0.39 is 34.1 Å². The number of carbonyl (C=O) groups excluding carboxylic acids is 2. The minimum Gasteiger partial charge on any atom is -0.392 e. The number of nitrogens with one attached hydrogen (secondary N) is 2. The molecular formula is C52H73N3O7. The highest BCUT2D eigenvalue weighted by Gasteiger charge is 2.72. The number of carbonyl (C=O) groups is 2. The van der Waals surface area contributed by atoms with E-state index in [1.807, 2.05) is 27.1 Å². The van der Waals surface area contributed by atoms with E-state index in [2.05, 4.69) is 86.9 Å². The summed E-state index contributed by atoms with van der Waals surface area (Å²) in [6.45, 7) is 19.8. The maximum absolute atomic E-state index is 14.9. The lowest BCUT2D eigenvalue weighted by Crippen LogP contribution is -2.68. The van der Waals surface area contributed by atoms with Gasteiger partial charge in [-0.15, -0.1) is 0 Å². The molecule has 5 fully saturated rings. The number of hydrogen-bond acceptors (Lipinski definition) is 8. The maximum atomic E-state index is 14.9. The van der Waals surface area contributed by atoms with Gasteiger partial charge in [-0.3, -0.25) is 9.59 Å². The molecular weight excluding hydrogens is 779 g/mol. The standard InChI is InChI=1S/C52H73N3O7/c1-30-22-32(26-34(23-30)52(60)16-20-61-21-17-52)25-33-28-55(36-12-18-54-43(33)36)29-35-42-41(31(2)24-37(56)46-47(3,4)62-46)38(57)27-51(42,8)50(7)14-10-39-48(5,15-19-53-9)40(58)11-13-49(39,6)45(50)44(35)59/h12,18,22-23,26,28,31,35,37,39,44-46,53-54,56,59-60H,10-11,13-17,19-21,24-25,27,29H2,1-9H3/t31-,35+,37-,39+,44-,45-,46-,48+,49-,50+,51+/m1/s1. The number of aromatic amines is 1. The Morgan fingerprint density at radius 2 is 1.76 bits per heavy atom. The molecule has 0 spiro atoms. The van der Waals surface area contributed by atoms with Gasteiger partial charge in [-0.2, -0.15) is 0 Å². The lowest BCUT2D eigenvalue weighted by atomic mass is 9.34. The van der Waals surface area contributed by atoms with Gasteiger partial charge in [0.2, 0.25) is 0 Å². The van der Waals surface area contributed by atoms with E-state index in [1.54, 1.807) is 0 Å². The number of Topliss-reactive ketones (excluding diaryl/α,β-unsaturated/α-hetero) is 2. The second kappa shape index (κ2) is 15.2. The van der Waals surface area contributed by atoms with E-state index >= 15 is 0 Å². The fourth-order valence-electron chi connectivity index (χ4n) is 15.0. The molecule has 5 N–H and O–H groups in total. The van der Waals surface area contributed by atoms with Crippen LogP contribution in [-0.4, -0.2) is 87.2 Å². The van der Waals surface area contributed by atoms with Gasteiger partial charge in [0.15, 0.2) is 5.78 Å². The second-order valence-corrected chi connectivity index (χ2v) is 22.5. The van der Waals surface area contributed by atoms with Crippen LogP contribution in [0.3, 0.4) is 0 Å². The Morgan fingerprint density at radius 3 is 2.45 bits per heavy atom. The van der Waals surface area contributed by atoms with Crippen molar-refractivity contribution in [1.82, 2.24) is 14.9 Å². The van der Waals surface area contributed by atoms with Crippen LogP contribution in [0, 0.1) is 52.3 Å². The number of ether oxygens (including phenoxy) is 2. The third-order valence-electron chi connectivity index (χ3n) is 18.4. The van der Waals surface area contributed by atoms with Crippen LogP contribution in [0.2, 0.25) is 0 Å². The van der Waals surface area contributed by atoms with Crippen molar-refractivity contribution in [3.8, 4) is 0 Å². The summed E-state index contributed by atoms with van der Waals surface area (Å²) in [4.78, 5) is 32.4. The first-order valence-electron chi connectivity index (χ1n) is 23.8. The number of aliphatic hydroxyl groups excluding tert-OH is 2. The Bertz CT molecular complexity index is 2280. The molecule has 2 saturated heterocycles. The smallest absolute Gasteiger partial charge is 0.160 e. The number of epoxide rings is 1. The first-order chi connectivity index (χ1) is 29.2. The molecule has 2 aromatic heterocycles. The predicted octanol–water partition coefficient (Wildman–Crippen LogP) is 7.72. The summed E-state index contributed by atoms with van der Waals surface area (Å²) in [6.07, 6.45) is 8.85. The molecule has 9 rings (SSSR count). The molecule has 338 valence electrons. The number of aliphatic hydroxyl groups is 3. The van der Waals surface area contributed by atoms with Crippen LogP contribution in [0.15, 0.2) is 47.8 Å². The van der Waals surface area contributed by atoms with E-state index in [1.165, 1.54) is 0 Å². The van der Waals surface area contributed by atoms with Crippen molar-refractivity contribution in [3.63, 3.8) is 0 Å². The van der Waals surface area contributed by atoms with Gasteiger partial charge in [0.05, 0.1) is 34.4 Å². The molecule has 6 aliphatic rings. The largest absolute Gasteiger partial charge is 0.392 e. The number of allylic oxidation sites excluding steroid dienone is 1. The zero-order valence-corrected chi connectivity index (χ0v) is 38.8. The van der Waals surface area contributed by atoms with Crippen molar-refractivity contribution < 1.29 is 34.4 Å². The summed E-state index contributed by atoms with van der Waals surface area (Å²) in [6, 6.07) is 8.59. The number of rotatable bonds is 12. The highest BCUT2D eigenvalue weighted by Crippen LogP contribution is 2.75. The number of H-pyrrole nitrogens is 1. The van der Waals surface area contributed by atoms with E-state index in [0.29, 0.717) is 64.1 Å². The number of nitrogens with zero attached hydrogens (tertiary/aromatic N) is 1. The summed E-state index contributed by atoms with van der Waals surface area (Å²) < 4.78 is 13.8. The third kappa shape index (κ3) is 6.69. The summed E-state index contributed by atoms with van der Waals surface area (Å²) >= 11 is 0. The quantitative estimate of drug-likeness (QED) is 0.116. The minimum absolute atomic E-state index is 0.118. The molecule has 62 heavy (non-hydrogen) atoms. The Labute approximate surface area is 368 Å². The normalized spacial score (nSPS) is 37.3. The lowest BCUT2D eigenvalue weighted by molar-refractivity contribution is -0.222. The van der Waals surface area contributed by atoms with E-state index in [9.17, 15) is 24.9 Å². The summed E-state index contributed by atoms with van der Waals surface area (Å²) in [5.74, 6) is -0.116. The monoisotopic (exact) mass is 852 g/mol. The van der Waals surface area contributed by atoms with Gasteiger partial charge in [-0.25, -0.2) is 0 Å². The number of ketones is 2. The Morgan fingerprint density at radius 1 is 1.03 bits per heavy atom. The van der Waals surface area contributed by atoms with Gasteiger partial charge in [0.25, 0.3) is 0 Å². The highest BCUT2D eigenvalue weighted by atomic mass is 16.6. The zero-order chi connectivity index (χ0) is 44.4. The highest BCUT2D eigenvalue weighted by molar-refractivity contribution is 6.01. The van der Waals surface area contributed by atoms with Gasteiger partial charge >= 0.3 is 0 Å². The molecule has 3 aromatic rings. The van der Waals surface area contributed by atoms with Crippen molar-refractivity contribution in [2.75, 3.05) is 26.8 Å². The van der Waals surface area contributed by atoms with E-state index in [4.69, 9.17) is 9.47 Å². The Balaban J connectivity index is 1.14. The average Bonchev–Trinajstić information content (AvgIpc) is 3.48. The summed E-state index contributed by atoms with van der Waals surface area (Å²) in [7, 11) is 1.95. The van der Waals surface area contributed by atoms with Crippen LogP contribution in [0.5, 0.6) is 0 Å². The Kier molecular flexibility index (Phi) is 10.8. The average molecular weight is 852 g/mol. The van der Waals surface area contributed by atoms with Crippen LogP contribution in [0.25, 0.3) is 11.0 Å². The van der Waals surface area contributed by atoms with E-state index in [-0.39, 0.29) is 46.6 Å². The van der Waals surface area contributed by atoms with Gasteiger partial charge in [0.1, 0.15) is 11.9 Å². The van der Waals surface area contributed by atoms with Crippen LogP contribution in [-0.2, 0) is 37.6 Å². The molecule has 0 unspecified atom stereocenters. The first-order valence-corrected chi connectivity index (χ1v) is 23.8. The second-order valence-electron chi connectivity index (χ2n) is 22.5. The van der Waals surface area contributed by atoms with Crippen LogP contribution < -0.4 is 5.32 Å². The lowest BCUT2D eigenvalue weighted by Gasteiger charge is -2.70. The molecule has 0 bridgehead atoms. The van der Waals surface area contributed by atoms with Crippen molar-refractivity contribution in [3.05, 3.63) is 70.1 Å². The van der Waals surface area contributed by atoms with Crippen molar-refractivity contribution in [1.29, 1.82) is 0 Å². The van der Waals surface area contributed by atoms with Crippen molar-refractivity contribution >= 4 is 22.6 Å². The van der Waals surface area contributed by atoms with Gasteiger partial charge < -0.3 is 39.7 Å². The fourth-order valence-corrected chi connectivity index (χ4v) is 15.0. The fraction of sp³-hybridized carbons (Fsp3) is 0.692. The van der Waals surface area contributed by atoms with Crippen molar-refractivity contribution in [2.24, 2.45) is 45.3 Å². The van der Waals surface area contributed by atoms with Crippen LogP contribution >= 0.6 is 0 Å². The van der Waals surface area contributed by atoms with Gasteiger partial charge in [-0.1, -0.05) is 58.4 Å². The molecule has 0 amide bonds. The van der Waals surface area contributed by atoms with Gasteiger partial charge in [0, 0.05) is 81.0 Å². The molecule has 4 heterocycles. The predicted molar refractivity (Wildman–Crippen MR) is 241 cm³/mol. The van der Waals surface area contributed by atoms with Crippen LogP contribution in [0.4, 0.5) is 0 Å². The molecule has 1 aromatic carbocycles. The minimum atomic E-state index is -0.908. The molecule has 0 radical (unpaired) electrons. The third-order valence-corrected chi connectivity index (χ3v) is 18.4.